The van der Waals surface area contributed by atoms with E-state index >= 15 is 0 Å². The fraction of sp³-hybridized carbons (Fsp3) is 0.240. The molecule has 0 aliphatic heterocycles. The minimum Gasteiger partial charge on any atom is -0.487 e. The highest BCUT2D eigenvalue weighted by Crippen LogP contribution is 2.27. The first-order chi connectivity index (χ1) is 15.5. The van der Waals surface area contributed by atoms with Crippen LogP contribution in [0.25, 0.3) is 0 Å². The van der Waals surface area contributed by atoms with Crippen LogP contribution in [0, 0.1) is 0 Å². The van der Waals surface area contributed by atoms with Gasteiger partial charge in [-0.1, -0.05) is 57.2 Å². The van der Waals surface area contributed by atoms with Gasteiger partial charge in [-0.3, -0.25) is 0 Å². The second kappa shape index (κ2) is 9.85. The minimum atomic E-state index is -4.77. The first-order valence-corrected chi connectivity index (χ1v) is 10.2. The molecule has 0 atom stereocenters. The quantitative estimate of drug-likeness (QED) is 0.414. The van der Waals surface area contributed by atoms with Crippen LogP contribution < -0.4 is 20.1 Å². The molecule has 2 amide bonds. The summed E-state index contributed by atoms with van der Waals surface area (Å²) >= 11 is 0. The summed E-state index contributed by atoms with van der Waals surface area (Å²) in [6.07, 6.45) is -4.77. The van der Waals surface area contributed by atoms with Gasteiger partial charge < -0.3 is 20.1 Å². The number of benzene rings is 3. The Balaban J connectivity index is 1.59. The van der Waals surface area contributed by atoms with Crippen LogP contribution in [0.5, 0.6) is 11.5 Å². The Labute approximate surface area is 190 Å². The van der Waals surface area contributed by atoms with E-state index in [4.69, 9.17) is 4.74 Å². The number of hydrogen-bond acceptors (Lipinski definition) is 3. The Hall–Kier alpha value is -3.68. The molecule has 0 fully saturated rings. The Morgan fingerprint density at radius 1 is 0.848 bits per heavy atom. The molecule has 3 aromatic rings. The molecule has 0 aliphatic carbocycles. The van der Waals surface area contributed by atoms with Crippen LogP contribution in [-0.2, 0) is 12.0 Å². The van der Waals surface area contributed by atoms with Crippen molar-refractivity contribution in [3.8, 4) is 11.5 Å². The Bertz CT molecular complexity index is 1070. The van der Waals surface area contributed by atoms with Crippen molar-refractivity contribution >= 4 is 17.4 Å². The number of hydrogen-bond donors (Lipinski definition) is 2. The molecule has 0 radical (unpaired) electrons. The summed E-state index contributed by atoms with van der Waals surface area (Å²) in [4.78, 5) is 12.4. The van der Waals surface area contributed by atoms with Gasteiger partial charge in [-0.15, -0.1) is 13.2 Å². The molecular weight excluding hydrogens is 433 g/mol. The Morgan fingerprint density at radius 3 is 2.09 bits per heavy atom. The lowest BCUT2D eigenvalue weighted by atomic mass is 9.87. The van der Waals surface area contributed by atoms with Gasteiger partial charge in [0.05, 0.1) is 5.69 Å². The summed E-state index contributed by atoms with van der Waals surface area (Å²) in [5, 5.41) is 5.25. The minimum absolute atomic E-state index is 0.0644. The molecule has 2 N–H and O–H groups in total. The van der Waals surface area contributed by atoms with Gasteiger partial charge in [-0.25, -0.2) is 4.79 Å². The smallest absolute Gasteiger partial charge is 0.487 e. The van der Waals surface area contributed by atoms with E-state index in [1.165, 1.54) is 17.7 Å². The van der Waals surface area contributed by atoms with Crippen LogP contribution in [0.3, 0.4) is 0 Å². The van der Waals surface area contributed by atoms with Crippen molar-refractivity contribution in [2.45, 2.75) is 39.2 Å². The first kappa shape index (κ1) is 24.0. The normalized spacial score (nSPS) is 11.6. The van der Waals surface area contributed by atoms with Crippen molar-refractivity contribution in [3.63, 3.8) is 0 Å². The number of halogens is 3. The molecule has 33 heavy (non-hydrogen) atoms. The lowest BCUT2D eigenvalue weighted by Crippen LogP contribution is -2.20. The van der Waals surface area contributed by atoms with Gasteiger partial charge in [0.25, 0.3) is 0 Å². The van der Waals surface area contributed by atoms with Gasteiger partial charge in [0.2, 0.25) is 0 Å². The van der Waals surface area contributed by atoms with Gasteiger partial charge in [-0.05, 0) is 52.9 Å². The maximum Gasteiger partial charge on any atom is 0.573 e. The molecule has 8 heteroatoms. The summed E-state index contributed by atoms with van der Waals surface area (Å²) in [7, 11) is 0. The average molecular weight is 458 g/mol. The summed E-state index contributed by atoms with van der Waals surface area (Å²) in [6, 6.07) is 19.4. The molecule has 3 aromatic carbocycles. The molecule has 3 rings (SSSR count). The number of amides is 2. The van der Waals surface area contributed by atoms with Crippen molar-refractivity contribution in [1.82, 2.24) is 0 Å². The molecule has 0 unspecified atom stereocenters. The molecule has 0 saturated heterocycles. The van der Waals surface area contributed by atoms with E-state index in [2.05, 4.69) is 48.3 Å². The molecule has 0 saturated carbocycles. The molecule has 0 spiro atoms. The zero-order valence-electron chi connectivity index (χ0n) is 18.5. The maximum absolute atomic E-state index is 12.4. The second-order valence-electron chi connectivity index (χ2n) is 8.38. The van der Waals surface area contributed by atoms with Crippen molar-refractivity contribution < 1.29 is 27.4 Å². The van der Waals surface area contributed by atoms with Gasteiger partial charge in [0, 0.05) is 5.69 Å². The van der Waals surface area contributed by atoms with E-state index in [1.54, 1.807) is 24.3 Å². The molecule has 0 bridgehead atoms. The van der Waals surface area contributed by atoms with Gasteiger partial charge in [-0.2, -0.15) is 0 Å². The summed E-state index contributed by atoms with van der Waals surface area (Å²) in [5.41, 5.74) is 3.04. The van der Waals surface area contributed by atoms with Crippen molar-refractivity contribution in [1.29, 1.82) is 0 Å². The van der Waals surface area contributed by atoms with E-state index in [0.717, 1.165) is 17.7 Å². The Morgan fingerprint density at radius 2 is 1.48 bits per heavy atom. The molecule has 0 heterocycles. The first-order valence-electron chi connectivity index (χ1n) is 10.2. The molecule has 0 aliphatic rings. The number of ether oxygens (including phenoxy) is 2. The van der Waals surface area contributed by atoms with Crippen molar-refractivity contribution in [2.75, 3.05) is 10.6 Å². The van der Waals surface area contributed by atoms with Crippen LogP contribution in [0.2, 0.25) is 0 Å². The highest BCUT2D eigenvalue weighted by molar-refractivity contribution is 6.00. The van der Waals surface area contributed by atoms with E-state index in [1.807, 2.05) is 12.1 Å². The number of carbonyl (C=O) groups excluding carboxylic acids is 1. The van der Waals surface area contributed by atoms with Crippen molar-refractivity contribution in [3.05, 3.63) is 83.9 Å². The Kier molecular flexibility index (Phi) is 7.16. The zero-order chi connectivity index (χ0) is 24.1. The third kappa shape index (κ3) is 7.45. The van der Waals surface area contributed by atoms with Crippen LogP contribution in [0.15, 0.2) is 72.8 Å². The SMILES string of the molecule is CC(C)(C)c1ccc(COc2ccccc2NC(=O)Nc2ccc(OC(F)(F)F)cc2)cc1. The van der Waals surface area contributed by atoms with E-state index in [9.17, 15) is 18.0 Å². The van der Waals surface area contributed by atoms with Crippen LogP contribution in [0.4, 0.5) is 29.3 Å². The van der Waals surface area contributed by atoms with Gasteiger partial charge in [0.15, 0.2) is 0 Å². The van der Waals surface area contributed by atoms with E-state index in [-0.39, 0.29) is 11.2 Å². The van der Waals surface area contributed by atoms with Crippen LogP contribution in [0.1, 0.15) is 31.9 Å². The molecule has 5 nitrogen and oxygen atoms in total. The fourth-order valence-electron chi connectivity index (χ4n) is 2.98. The van der Waals surface area contributed by atoms with Gasteiger partial charge >= 0.3 is 12.4 Å². The van der Waals surface area contributed by atoms with E-state index < -0.39 is 12.4 Å². The zero-order valence-corrected chi connectivity index (χ0v) is 18.5. The molecule has 174 valence electrons. The fourth-order valence-corrected chi connectivity index (χ4v) is 2.98. The number of rotatable bonds is 6. The summed E-state index contributed by atoms with van der Waals surface area (Å²) < 4.78 is 46.5. The number of anilines is 2. The maximum atomic E-state index is 12.4. The predicted molar refractivity (Wildman–Crippen MR) is 122 cm³/mol. The number of urea groups is 1. The number of carbonyl (C=O) groups is 1. The highest BCUT2D eigenvalue weighted by atomic mass is 19.4. The van der Waals surface area contributed by atoms with Crippen LogP contribution in [-0.4, -0.2) is 12.4 Å². The predicted octanol–water partition coefficient (Wildman–Crippen LogP) is 7.11. The van der Waals surface area contributed by atoms with Crippen molar-refractivity contribution in [2.24, 2.45) is 0 Å². The number of para-hydroxylation sites is 2. The third-order valence-corrected chi connectivity index (χ3v) is 4.70. The average Bonchev–Trinajstić information content (AvgIpc) is 2.73. The largest absolute Gasteiger partial charge is 0.573 e. The van der Waals surface area contributed by atoms with E-state index in [0.29, 0.717) is 23.7 Å². The standard InChI is InChI=1S/C25H25F3N2O3/c1-24(2,3)18-10-8-17(9-11-18)16-32-22-7-5-4-6-21(22)30-23(31)29-19-12-14-20(15-13-19)33-25(26,27)28/h4-15H,16H2,1-3H3,(H2,29,30,31). The lowest BCUT2D eigenvalue weighted by molar-refractivity contribution is -0.274. The highest BCUT2D eigenvalue weighted by Gasteiger charge is 2.31. The third-order valence-electron chi connectivity index (χ3n) is 4.70. The molecule has 0 aromatic heterocycles. The second-order valence-corrected chi connectivity index (χ2v) is 8.38. The lowest BCUT2D eigenvalue weighted by Gasteiger charge is -2.19. The summed E-state index contributed by atoms with van der Waals surface area (Å²) in [5.74, 6) is 0.115. The monoisotopic (exact) mass is 458 g/mol. The van der Waals surface area contributed by atoms with Gasteiger partial charge in [0.1, 0.15) is 18.1 Å². The molecular formula is C25H25F3N2O3. The number of alkyl halides is 3. The number of nitrogens with one attached hydrogen (secondary N) is 2. The summed E-state index contributed by atoms with van der Waals surface area (Å²) in [6.45, 7) is 6.77. The van der Waals surface area contributed by atoms with Crippen LogP contribution >= 0.6 is 0 Å². The topological polar surface area (TPSA) is 59.6 Å².